The summed E-state index contributed by atoms with van der Waals surface area (Å²) in [5, 5.41) is 4.15. The molecular weight excluding hydrogens is 351 g/mol. The lowest BCUT2D eigenvalue weighted by Gasteiger charge is -2.35. The SMILES string of the molecule is Cc1cnn(C)c1-c1nc(N2CCN(C(=O)OC(C)(C)C)CC2)ncc1F. The van der Waals surface area contributed by atoms with Crippen LogP contribution in [0.2, 0.25) is 0 Å². The number of halogens is 1. The maximum atomic E-state index is 14.3. The number of piperazine rings is 1. The maximum Gasteiger partial charge on any atom is 0.410 e. The van der Waals surface area contributed by atoms with Crippen LogP contribution >= 0.6 is 0 Å². The van der Waals surface area contributed by atoms with Crippen LogP contribution in [0.25, 0.3) is 11.4 Å². The number of hydrogen-bond acceptors (Lipinski definition) is 6. The molecule has 0 aliphatic carbocycles. The molecule has 27 heavy (non-hydrogen) atoms. The van der Waals surface area contributed by atoms with Crippen LogP contribution in [0.5, 0.6) is 0 Å². The fourth-order valence-electron chi connectivity index (χ4n) is 2.98. The Morgan fingerprint density at radius 3 is 2.41 bits per heavy atom. The molecule has 0 aromatic carbocycles. The molecule has 1 amide bonds. The Hall–Kier alpha value is -2.71. The van der Waals surface area contributed by atoms with Crippen LogP contribution in [-0.4, -0.2) is 62.5 Å². The molecule has 1 fully saturated rings. The van der Waals surface area contributed by atoms with Gasteiger partial charge in [0.05, 0.1) is 18.1 Å². The van der Waals surface area contributed by atoms with E-state index >= 15 is 0 Å². The van der Waals surface area contributed by atoms with Crippen molar-refractivity contribution in [2.75, 3.05) is 31.1 Å². The number of nitrogens with zero attached hydrogens (tertiary/aromatic N) is 6. The van der Waals surface area contributed by atoms with Crippen molar-refractivity contribution in [2.24, 2.45) is 7.05 Å². The van der Waals surface area contributed by atoms with E-state index in [0.717, 1.165) is 5.56 Å². The van der Waals surface area contributed by atoms with Crippen LogP contribution in [0.3, 0.4) is 0 Å². The molecule has 1 saturated heterocycles. The Balaban J connectivity index is 1.74. The van der Waals surface area contributed by atoms with E-state index in [2.05, 4.69) is 15.1 Å². The fraction of sp³-hybridized carbons (Fsp3) is 0.556. The van der Waals surface area contributed by atoms with Crippen molar-refractivity contribution in [1.82, 2.24) is 24.6 Å². The number of rotatable bonds is 2. The van der Waals surface area contributed by atoms with Crippen molar-refractivity contribution in [3.8, 4) is 11.4 Å². The molecule has 1 aliphatic heterocycles. The number of ether oxygens (including phenoxy) is 1. The Morgan fingerprint density at radius 2 is 1.85 bits per heavy atom. The van der Waals surface area contributed by atoms with Crippen LogP contribution in [0, 0.1) is 12.7 Å². The minimum Gasteiger partial charge on any atom is -0.444 e. The summed E-state index contributed by atoms with van der Waals surface area (Å²) in [5.41, 5.74) is 1.18. The van der Waals surface area contributed by atoms with Gasteiger partial charge in [-0.1, -0.05) is 0 Å². The first kappa shape index (κ1) is 19.1. The molecule has 9 heteroatoms. The summed E-state index contributed by atoms with van der Waals surface area (Å²) in [7, 11) is 1.75. The molecule has 0 radical (unpaired) electrons. The molecule has 3 rings (SSSR count). The van der Waals surface area contributed by atoms with Crippen LogP contribution in [-0.2, 0) is 11.8 Å². The van der Waals surface area contributed by atoms with E-state index in [1.165, 1.54) is 6.20 Å². The summed E-state index contributed by atoms with van der Waals surface area (Å²) < 4.78 is 21.3. The van der Waals surface area contributed by atoms with Crippen molar-refractivity contribution in [1.29, 1.82) is 0 Å². The van der Waals surface area contributed by atoms with Gasteiger partial charge >= 0.3 is 6.09 Å². The van der Waals surface area contributed by atoms with Crippen LogP contribution in [0.4, 0.5) is 15.1 Å². The average Bonchev–Trinajstić information content (AvgIpc) is 2.93. The minimum absolute atomic E-state index is 0.229. The molecule has 0 saturated carbocycles. The number of amides is 1. The van der Waals surface area contributed by atoms with Gasteiger partial charge in [-0.15, -0.1) is 0 Å². The second-order valence-corrected chi connectivity index (χ2v) is 7.62. The number of carbonyl (C=O) groups is 1. The highest BCUT2D eigenvalue weighted by Gasteiger charge is 2.27. The van der Waals surface area contributed by atoms with Gasteiger partial charge in [0, 0.05) is 33.2 Å². The maximum absolute atomic E-state index is 14.3. The lowest BCUT2D eigenvalue weighted by Crippen LogP contribution is -2.50. The monoisotopic (exact) mass is 376 g/mol. The Morgan fingerprint density at radius 1 is 1.19 bits per heavy atom. The lowest BCUT2D eigenvalue weighted by molar-refractivity contribution is 0.0240. The summed E-state index contributed by atoms with van der Waals surface area (Å²) in [5.74, 6) is -0.0475. The zero-order valence-corrected chi connectivity index (χ0v) is 16.4. The van der Waals surface area contributed by atoms with Gasteiger partial charge in [-0.25, -0.2) is 19.2 Å². The molecule has 0 bridgehead atoms. The van der Waals surface area contributed by atoms with Crippen molar-refractivity contribution in [2.45, 2.75) is 33.3 Å². The van der Waals surface area contributed by atoms with E-state index in [-0.39, 0.29) is 11.8 Å². The third kappa shape index (κ3) is 4.17. The van der Waals surface area contributed by atoms with Crippen molar-refractivity contribution < 1.29 is 13.9 Å². The molecule has 146 valence electrons. The molecule has 2 aromatic heterocycles. The normalized spacial score (nSPS) is 15.2. The fourth-order valence-corrected chi connectivity index (χ4v) is 2.98. The molecule has 0 N–H and O–H groups in total. The highest BCUT2D eigenvalue weighted by atomic mass is 19.1. The van der Waals surface area contributed by atoms with Gasteiger partial charge in [-0.05, 0) is 33.3 Å². The Labute approximate surface area is 158 Å². The summed E-state index contributed by atoms with van der Waals surface area (Å²) in [6.45, 7) is 9.48. The number of hydrogen-bond donors (Lipinski definition) is 0. The number of aromatic nitrogens is 4. The predicted molar refractivity (Wildman–Crippen MR) is 98.9 cm³/mol. The molecular formula is C18H25FN6O2. The largest absolute Gasteiger partial charge is 0.444 e. The van der Waals surface area contributed by atoms with Crippen molar-refractivity contribution in [3.63, 3.8) is 0 Å². The first-order valence-corrected chi connectivity index (χ1v) is 8.90. The third-order valence-electron chi connectivity index (χ3n) is 4.29. The zero-order chi connectivity index (χ0) is 19.8. The Bertz CT molecular complexity index is 817. The van der Waals surface area contributed by atoms with Gasteiger partial charge in [0.15, 0.2) is 5.82 Å². The first-order chi connectivity index (χ1) is 12.7. The second-order valence-electron chi connectivity index (χ2n) is 7.62. The molecule has 0 atom stereocenters. The van der Waals surface area contributed by atoms with Crippen molar-refractivity contribution >= 4 is 12.0 Å². The second kappa shape index (κ2) is 7.13. The molecule has 0 unspecified atom stereocenters. The molecule has 3 heterocycles. The van der Waals surface area contributed by atoms with Gasteiger partial charge < -0.3 is 14.5 Å². The lowest BCUT2D eigenvalue weighted by atomic mass is 10.2. The van der Waals surface area contributed by atoms with E-state index < -0.39 is 11.4 Å². The summed E-state index contributed by atoms with van der Waals surface area (Å²) >= 11 is 0. The smallest absolute Gasteiger partial charge is 0.410 e. The molecule has 0 spiro atoms. The van der Waals surface area contributed by atoms with E-state index in [1.54, 1.807) is 22.8 Å². The third-order valence-corrected chi connectivity index (χ3v) is 4.29. The summed E-state index contributed by atoms with van der Waals surface area (Å²) in [4.78, 5) is 24.4. The van der Waals surface area contributed by atoms with Gasteiger partial charge in [0.1, 0.15) is 11.3 Å². The predicted octanol–water partition coefficient (Wildman–Crippen LogP) is 2.38. The molecule has 2 aromatic rings. The highest BCUT2D eigenvalue weighted by molar-refractivity contribution is 5.68. The highest BCUT2D eigenvalue weighted by Crippen LogP contribution is 2.25. The number of anilines is 1. The molecule has 1 aliphatic rings. The van der Waals surface area contributed by atoms with E-state index in [1.807, 2.05) is 32.6 Å². The minimum atomic E-state index is -0.524. The van der Waals surface area contributed by atoms with Crippen LogP contribution < -0.4 is 4.90 Å². The van der Waals surface area contributed by atoms with Gasteiger partial charge in [-0.3, -0.25) is 4.68 Å². The quantitative estimate of drug-likeness (QED) is 0.801. The summed E-state index contributed by atoms with van der Waals surface area (Å²) in [6, 6.07) is 0. The van der Waals surface area contributed by atoms with Crippen LogP contribution in [0.15, 0.2) is 12.4 Å². The van der Waals surface area contributed by atoms with E-state index in [9.17, 15) is 9.18 Å². The topological polar surface area (TPSA) is 76.4 Å². The van der Waals surface area contributed by atoms with Gasteiger partial charge in [-0.2, -0.15) is 5.10 Å². The first-order valence-electron chi connectivity index (χ1n) is 8.90. The zero-order valence-electron chi connectivity index (χ0n) is 16.4. The van der Waals surface area contributed by atoms with Gasteiger partial charge in [0.2, 0.25) is 5.95 Å². The standard InChI is InChI=1S/C18H25FN6O2/c1-12-10-21-23(5)15(12)14-13(19)11-20-16(22-14)24-6-8-25(9-7-24)17(26)27-18(2,3)4/h10-11H,6-9H2,1-5H3. The number of carbonyl (C=O) groups excluding carboxylic acids is 1. The number of aryl methyl sites for hydroxylation is 2. The van der Waals surface area contributed by atoms with E-state index in [0.29, 0.717) is 37.8 Å². The van der Waals surface area contributed by atoms with Crippen LogP contribution in [0.1, 0.15) is 26.3 Å². The average molecular weight is 376 g/mol. The van der Waals surface area contributed by atoms with Crippen molar-refractivity contribution in [3.05, 3.63) is 23.8 Å². The molecule has 8 nitrogen and oxygen atoms in total. The van der Waals surface area contributed by atoms with Gasteiger partial charge in [0.25, 0.3) is 0 Å². The summed E-state index contributed by atoms with van der Waals surface area (Å²) in [6.07, 6.45) is 2.54. The Kier molecular flexibility index (Phi) is 5.03. The van der Waals surface area contributed by atoms with E-state index in [4.69, 9.17) is 4.74 Å².